The first-order valence-corrected chi connectivity index (χ1v) is 9.15. The van der Waals surface area contributed by atoms with E-state index in [1.807, 2.05) is 39.2 Å². The first-order chi connectivity index (χ1) is 11.4. The second-order valence-corrected chi connectivity index (χ2v) is 6.73. The Labute approximate surface area is 150 Å². The van der Waals surface area contributed by atoms with Gasteiger partial charge in [-0.05, 0) is 31.5 Å². The molecule has 5 heteroatoms. The molecule has 2 N–H and O–H groups in total. The van der Waals surface area contributed by atoms with E-state index in [0.29, 0.717) is 6.04 Å². The summed E-state index contributed by atoms with van der Waals surface area (Å²) in [6.45, 7) is 8.36. The summed E-state index contributed by atoms with van der Waals surface area (Å²) in [5.74, 6) is 0. The number of hydrogen-bond acceptors (Lipinski definition) is 4. The van der Waals surface area contributed by atoms with E-state index in [1.54, 1.807) is 0 Å². The molecule has 134 valence electrons. The van der Waals surface area contributed by atoms with Crippen LogP contribution in [0.4, 0.5) is 5.69 Å². The highest BCUT2D eigenvalue weighted by molar-refractivity contribution is 7.20. The Hall–Kier alpha value is -1.88. The predicted molar refractivity (Wildman–Crippen MR) is 110 cm³/mol. The molecule has 4 nitrogen and oxygen atoms in total. The molecule has 1 aromatic heterocycles. The van der Waals surface area contributed by atoms with Crippen molar-refractivity contribution < 1.29 is 4.79 Å². The van der Waals surface area contributed by atoms with Crippen LogP contribution in [0.5, 0.6) is 0 Å². The van der Waals surface area contributed by atoms with E-state index < -0.39 is 0 Å². The number of nitrogens with two attached hydrogens (primary N) is 1. The molecule has 0 saturated carbocycles. The van der Waals surface area contributed by atoms with Gasteiger partial charge in [-0.15, -0.1) is 11.3 Å². The molecule has 1 atom stereocenters. The van der Waals surface area contributed by atoms with Crippen LogP contribution in [0.25, 0.3) is 10.1 Å². The number of thiophene rings is 1. The lowest BCUT2D eigenvalue weighted by atomic mass is 10.2. The number of aldehydes is 1. The Balaban J connectivity index is 0.000000448. The van der Waals surface area contributed by atoms with E-state index in [9.17, 15) is 4.79 Å². The number of benzene rings is 1. The molecule has 0 amide bonds. The minimum atomic E-state index is 0.394. The molecular weight excluding hydrogens is 318 g/mol. The normalized spacial score (nSPS) is 11.2. The van der Waals surface area contributed by atoms with Crippen LogP contribution in [0.2, 0.25) is 0 Å². The SMILES string of the molecule is CCC.CCC(C)N=CN.CN(C)c1cccc2sc(C=O)cc12. The molecule has 1 aromatic carbocycles. The van der Waals surface area contributed by atoms with Gasteiger partial charge in [0.25, 0.3) is 0 Å². The number of fused-ring (bicyclic) bond motifs is 1. The minimum absolute atomic E-state index is 0.394. The van der Waals surface area contributed by atoms with Gasteiger partial charge >= 0.3 is 0 Å². The summed E-state index contributed by atoms with van der Waals surface area (Å²) in [5.41, 5.74) is 6.17. The minimum Gasteiger partial charge on any atom is -0.390 e. The van der Waals surface area contributed by atoms with Crippen molar-refractivity contribution >= 4 is 39.7 Å². The molecule has 1 unspecified atom stereocenters. The third-order valence-corrected chi connectivity index (χ3v) is 4.11. The number of carbonyl (C=O) groups is 1. The van der Waals surface area contributed by atoms with Gasteiger partial charge in [0.15, 0.2) is 6.29 Å². The van der Waals surface area contributed by atoms with Crippen molar-refractivity contribution in [2.75, 3.05) is 19.0 Å². The average molecular weight is 350 g/mol. The number of anilines is 1. The van der Waals surface area contributed by atoms with Gasteiger partial charge in [0.2, 0.25) is 0 Å². The second kappa shape index (κ2) is 12.5. The molecule has 0 fully saturated rings. The van der Waals surface area contributed by atoms with E-state index in [1.165, 1.54) is 28.8 Å². The second-order valence-electron chi connectivity index (χ2n) is 5.61. The summed E-state index contributed by atoms with van der Waals surface area (Å²) >= 11 is 1.53. The van der Waals surface area contributed by atoms with Crippen LogP contribution in [0.1, 0.15) is 50.2 Å². The summed E-state index contributed by atoms with van der Waals surface area (Å²) < 4.78 is 1.17. The Bertz CT molecular complexity index is 620. The summed E-state index contributed by atoms with van der Waals surface area (Å²) in [7, 11) is 4.01. The van der Waals surface area contributed by atoms with Gasteiger partial charge in [-0.3, -0.25) is 9.79 Å². The maximum Gasteiger partial charge on any atom is 0.160 e. The number of nitrogens with zero attached hydrogens (tertiary/aromatic N) is 2. The first kappa shape index (κ1) is 22.1. The highest BCUT2D eigenvalue weighted by atomic mass is 32.1. The highest BCUT2D eigenvalue weighted by Crippen LogP contribution is 2.31. The van der Waals surface area contributed by atoms with Crippen LogP contribution < -0.4 is 10.6 Å². The number of carbonyl (C=O) groups excluding carboxylic acids is 1. The average Bonchev–Trinajstić information content (AvgIpc) is 2.99. The van der Waals surface area contributed by atoms with E-state index in [0.717, 1.165) is 28.7 Å². The van der Waals surface area contributed by atoms with Gasteiger partial charge in [0.1, 0.15) is 0 Å². The van der Waals surface area contributed by atoms with Crippen LogP contribution in [0.15, 0.2) is 29.3 Å². The van der Waals surface area contributed by atoms with Gasteiger partial charge in [0.05, 0.1) is 11.2 Å². The quantitative estimate of drug-likeness (QED) is 0.482. The fraction of sp³-hybridized carbons (Fsp3) is 0.474. The predicted octanol–water partition coefficient (Wildman–Crippen LogP) is 4.97. The molecule has 0 aliphatic rings. The molecule has 0 saturated heterocycles. The lowest BCUT2D eigenvalue weighted by molar-refractivity contribution is 0.112. The van der Waals surface area contributed by atoms with Crippen molar-refractivity contribution in [2.24, 2.45) is 10.7 Å². The maximum absolute atomic E-state index is 10.7. The van der Waals surface area contributed by atoms with Crippen molar-refractivity contribution in [2.45, 2.75) is 46.6 Å². The van der Waals surface area contributed by atoms with E-state index in [2.05, 4.69) is 36.7 Å². The molecule has 0 bridgehead atoms. The third-order valence-electron chi connectivity index (χ3n) is 3.09. The van der Waals surface area contributed by atoms with Crippen LogP contribution in [-0.2, 0) is 0 Å². The van der Waals surface area contributed by atoms with E-state index >= 15 is 0 Å². The van der Waals surface area contributed by atoms with Gasteiger partial charge in [-0.25, -0.2) is 0 Å². The third kappa shape index (κ3) is 7.59. The van der Waals surface area contributed by atoms with Gasteiger partial charge in [-0.1, -0.05) is 33.3 Å². The smallest absolute Gasteiger partial charge is 0.160 e. The largest absolute Gasteiger partial charge is 0.390 e. The molecule has 2 rings (SSSR count). The standard InChI is InChI=1S/C11H11NOS.C5H12N2.C3H8/c1-12(2)10-4-3-5-11-9(10)6-8(7-13)14-11;1-3-5(2)7-4-6;1-3-2/h3-7H,1-2H3;4-5H,3H2,1-2H3,(H2,6,7);3H2,1-2H3. The highest BCUT2D eigenvalue weighted by Gasteiger charge is 2.06. The molecular formula is C19H31N3OS. The first-order valence-electron chi connectivity index (χ1n) is 8.33. The Kier molecular flexibility index (Phi) is 11.5. The van der Waals surface area contributed by atoms with Crippen LogP contribution >= 0.6 is 11.3 Å². The van der Waals surface area contributed by atoms with Crippen molar-refractivity contribution in [1.29, 1.82) is 0 Å². The summed E-state index contributed by atoms with van der Waals surface area (Å²) in [4.78, 5) is 17.4. The number of aliphatic imine (C=N–C) groups is 1. The molecule has 24 heavy (non-hydrogen) atoms. The monoisotopic (exact) mass is 349 g/mol. The zero-order valence-electron chi connectivity index (χ0n) is 15.7. The zero-order valence-corrected chi connectivity index (χ0v) is 16.6. The number of hydrogen-bond donors (Lipinski definition) is 1. The van der Waals surface area contributed by atoms with Gasteiger partial charge in [-0.2, -0.15) is 0 Å². The molecule has 0 spiro atoms. The Morgan fingerprint density at radius 3 is 2.33 bits per heavy atom. The lowest BCUT2D eigenvalue weighted by Gasteiger charge is -2.13. The number of rotatable bonds is 4. The molecule has 0 aliphatic heterocycles. The molecule has 0 radical (unpaired) electrons. The Morgan fingerprint density at radius 2 is 1.92 bits per heavy atom. The van der Waals surface area contributed by atoms with Crippen LogP contribution in [0.3, 0.4) is 0 Å². The van der Waals surface area contributed by atoms with Crippen molar-refractivity contribution in [3.63, 3.8) is 0 Å². The fourth-order valence-electron chi connectivity index (χ4n) is 1.77. The molecule has 0 aliphatic carbocycles. The van der Waals surface area contributed by atoms with Crippen LogP contribution in [-0.4, -0.2) is 32.8 Å². The Morgan fingerprint density at radius 1 is 1.29 bits per heavy atom. The van der Waals surface area contributed by atoms with Gasteiger partial charge in [0, 0.05) is 35.9 Å². The summed E-state index contributed by atoms with van der Waals surface area (Å²) in [6.07, 6.45) is 4.58. The zero-order chi connectivity index (χ0) is 18.5. The summed E-state index contributed by atoms with van der Waals surface area (Å²) in [6, 6.07) is 8.46. The molecule has 1 heterocycles. The molecule has 2 aromatic rings. The topological polar surface area (TPSA) is 58.7 Å². The van der Waals surface area contributed by atoms with Crippen molar-refractivity contribution in [3.05, 3.63) is 29.1 Å². The van der Waals surface area contributed by atoms with E-state index in [-0.39, 0.29) is 0 Å². The van der Waals surface area contributed by atoms with Gasteiger partial charge < -0.3 is 10.6 Å². The lowest BCUT2D eigenvalue weighted by Crippen LogP contribution is -2.08. The maximum atomic E-state index is 10.7. The van der Waals surface area contributed by atoms with Crippen LogP contribution in [0, 0.1) is 0 Å². The van der Waals surface area contributed by atoms with Crippen molar-refractivity contribution in [3.8, 4) is 0 Å². The van der Waals surface area contributed by atoms with E-state index in [4.69, 9.17) is 5.73 Å². The van der Waals surface area contributed by atoms with Crippen molar-refractivity contribution in [1.82, 2.24) is 0 Å². The summed E-state index contributed by atoms with van der Waals surface area (Å²) in [5, 5.41) is 1.16. The fourth-order valence-corrected chi connectivity index (χ4v) is 2.66.